The van der Waals surface area contributed by atoms with Crippen molar-refractivity contribution in [2.45, 2.75) is 44.4 Å². The molecule has 1 aromatic rings. The molecule has 1 aromatic carbocycles. The number of carbonyl (C=O) groups is 1. The van der Waals surface area contributed by atoms with Gasteiger partial charge in [-0.3, -0.25) is 4.79 Å². The summed E-state index contributed by atoms with van der Waals surface area (Å²) in [6.07, 6.45) is 2.92. The molecule has 0 saturated carbocycles. The van der Waals surface area contributed by atoms with Crippen LogP contribution < -0.4 is 11.1 Å². The molecule has 1 amide bonds. The van der Waals surface area contributed by atoms with Crippen LogP contribution in [0.25, 0.3) is 0 Å². The van der Waals surface area contributed by atoms with E-state index in [1.165, 1.54) is 6.42 Å². The first kappa shape index (κ1) is 19.9. The Bertz CT molecular complexity index is 452. The number of nitrogens with two attached hydrogens (primary N) is 1. The smallest absolute Gasteiger partial charge is 0.248 e. The van der Waals surface area contributed by atoms with Gasteiger partial charge in [0.1, 0.15) is 6.10 Å². The summed E-state index contributed by atoms with van der Waals surface area (Å²) < 4.78 is 11.2. The summed E-state index contributed by atoms with van der Waals surface area (Å²) in [5, 5.41) is 2.84. The van der Waals surface area contributed by atoms with Gasteiger partial charge in [-0.15, -0.1) is 12.4 Å². The molecule has 5 nitrogen and oxygen atoms in total. The van der Waals surface area contributed by atoms with E-state index in [4.69, 9.17) is 15.2 Å². The van der Waals surface area contributed by atoms with Crippen molar-refractivity contribution in [1.29, 1.82) is 0 Å². The first-order chi connectivity index (χ1) is 10.7. The molecule has 0 spiro atoms. The van der Waals surface area contributed by atoms with E-state index in [1.54, 1.807) is 6.92 Å². The molecule has 0 aromatic heterocycles. The normalized spacial score (nSPS) is 20.2. The molecular weight excluding hydrogens is 316 g/mol. The van der Waals surface area contributed by atoms with Gasteiger partial charge in [-0.05, 0) is 31.7 Å². The Balaban J connectivity index is 0.00000264. The van der Waals surface area contributed by atoms with E-state index in [1.807, 2.05) is 30.3 Å². The Morgan fingerprint density at radius 1 is 1.39 bits per heavy atom. The molecule has 0 aliphatic carbocycles. The predicted octanol–water partition coefficient (Wildman–Crippen LogP) is 2.20. The third-order valence-electron chi connectivity index (χ3n) is 3.90. The van der Waals surface area contributed by atoms with Gasteiger partial charge in [0.2, 0.25) is 5.91 Å². The van der Waals surface area contributed by atoms with Crippen LogP contribution in [0.15, 0.2) is 30.3 Å². The van der Waals surface area contributed by atoms with E-state index in [0.717, 1.165) is 25.0 Å². The van der Waals surface area contributed by atoms with Crippen LogP contribution in [0.2, 0.25) is 0 Å². The van der Waals surface area contributed by atoms with E-state index in [9.17, 15) is 4.79 Å². The highest BCUT2D eigenvalue weighted by atomic mass is 35.5. The summed E-state index contributed by atoms with van der Waals surface area (Å²) in [6.45, 7) is 3.42. The Kier molecular flexibility index (Phi) is 9.17. The molecule has 6 heteroatoms. The highest BCUT2D eigenvalue weighted by Crippen LogP contribution is 2.13. The minimum Gasteiger partial charge on any atom is -0.376 e. The zero-order valence-corrected chi connectivity index (χ0v) is 14.4. The number of ether oxygens (including phenoxy) is 2. The Morgan fingerprint density at radius 3 is 2.78 bits per heavy atom. The number of rotatable bonds is 7. The molecule has 1 saturated heterocycles. The van der Waals surface area contributed by atoms with E-state index >= 15 is 0 Å². The lowest BCUT2D eigenvalue weighted by Gasteiger charge is -2.24. The minimum atomic E-state index is -0.492. The zero-order chi connectivity index (χ0) is 15.8. The maximum absolute atomic E-state index is 12.0. The van der Waals surface area contributed by atoms with Crippen molar-refractivity contribution in [2.75, 3.05) is 19.8 Å². The fraction of sp³-hybridized carbons (Fsp3) is 0.588. The topological polar surface area (TPSA) is 73.6 Å². The summed E-state index contributed by atoms with van der Waals surface area (Å²) in [5.41, 5.74) is 7.07. The van der Waals surface area contributed by atoms with Crippen LogP contribution in [0, 0.1) is 0 Å². The highest BCUT2D eigenvalue weighted by molar-refractivity contribution is 5.85. The molecule has 3 atom stereocenters. The highest BCUT2D eigenvalue weighted by Gasteiger charge is 2.19. The van der Waals surface area contributed by atoms with Crippen molar-refractivity contribution in [1.82, 2.24) is 5.32 Å². The number of hydrogen-bond donors (Lipinski definition) is 2. The van der Waals surface area contributed by atoms with Crippen molar-refractivity contribution in [3.63, 3.8) is 0 Å². The lowest BCUT2D eigenvalue weighted by Crippen LogP contribution is -2.40. The first-order valence-electron chi connectivity index (χ1n) is 7.98. The molecule has 2 rings (SSSR count). The average molecular weight is 343 g/mol. The Labute approximate surface area is 144 Å². The molecule has 0 radical (unpaired) electrons. The van der Waals surface area contributed by atoms with Crippen LogP contribution in [0.3, 0.4) is 0 Å². The average Bonchev–Trinajstić information content (AvgIpc) is 2.58. The predicted molar refractivity (Wildman–Crippen MR) is 92.6 cm³/mol. The maximum Gasteiger partial charge on any atom is 0.248 e. The SMILES string of the molecule is CC(OCC1CCCCO1)C(=O)NCC(N)c1ccccc1.Cl. The van der Waals surface area contributed by atoms with Gasteiger partial charge in [0, 0.05) is 19.2 Å². The van der Waals surface area contributed by atoms with Crippen molar-refractivity contribution >= 4 is 18.3 Å². The second kappa shape index (κ2) is 10.6. The van der Waals surface area contributed by atoms with Gasteiger partial charge in [0.15, 0.2) is 0 Å². The van der Waals surface area contributed by atoms with Crippen LogP contribution in [0.1, 0.15) is 37.8 Å². The van der Waals surface area contributed by atoms with Gasteiger partial charge >= 0.3 is 0 Å². The van der Waals surface area contributed by atoms with E-state index in [2.05, 4.69) is 5.32 Å². The Morgan fingerprint density at radius 2 is 2.13 bits per heavy atom. The number of benzene rings is 1. The van der Waals surface area contributed by atoms with Crippen LogP contribution in [0.5, 0.6) is 0 Å². The summed E-state index contributed by atoms with van der Waals surface area (Å²) in [6, 6.07) is 9.52. The quantitative estimate of drug-likeness (QED) is 0.796. The van der Waals surface area contributed by atoms with Crippen LogP contribution in [-0.4, -0.2) is 37.9 Å². The molecule has 1 fully saturated rings. The second-order valence-corrected chi connectivity index (χ2v) is 5.73. The largest absolute Gasteiger partial charge is 0.376 e. The fourth-order valence-corrected chi connectivity index (χ4v) is 2.44. The van der Waals surface area contributed by atoms with Gasteiger partial charge in [0.05, 0.1) is 12.7 Å². The monoisotopic (exact) mass is 342 g/mol. The summed E-state index contributed by atoms with van der Waals surface area (Å²) >= 11 is 0. The van der Waals surface area contributed by atoms with Gasteiger partial charge in [0.25, 0.3) is 0 Å². The maximum atomic E-state index is 12.0. The van der Waals surface area contributed by atoms with Gasteiger partial charge in [-0.1, -0.05) is 30.3 Å². The lowest BCUT2D eigenvalue weighted by atomic mass is 10.1. The molecule has 130 valence electrons. The number of nitrogens with one attached hydrogen (secondary N) is 1. The first-order valence-corrected chi connectivity index (χ1v) is 7.98. The summed E-state index contributed by atoms with van der Waals surface area (Å²) in [4.78, 5) is 12.0. The summed E-state index contributed by atoms with van der Waals surface area (Å²) in [5.74, 6) is -0.137. The third-order valence-corrected chi connectivity index (χ3v) is 3.90. The zero-order valence-electron chi connectivity index (χ0n) is 13.6. The lowest BCUT2D eigenvalue weighted by molar-refractivity contribution is -0.135. The van der Waals surface area contributed by atoms with E-state index < -0.39 is 6.10 Å². The van der Waals surface area contributed by atoms with Gasteiger partial charge in [-0.2, -0.15) is 0 Å². The molecule has 0 bridgehead atoms. The fourth-order valence-electron chi connectivity index (χ4n) is 2.44. The van der Waals surface area contributed by atoms with Crippen molar-refractivity contribution in [3.05, 3.63) is 35.9 Å². The minimum absolute atomic E-state index is 0. The molecule has 23 heavy (non-hydrogen) atoms. The van der Waals surface area contributed by atoms with Gasteiger partial charge < -0.3 is 20.5 Å². The van der Waals surface area contributed by atoms with Crippen LogP contribution >= 0.6 is 12.4 Å². The molecule has 1 aliphatic rings. The molecule has 3 N–H and O–H groups in total. The number of amides is 1. The molecular formula is C17H27ClN2O3. The van der Waals surface area contributed by atoms with Crippen molar-refractivity contribution in [3.8, 4) is 0 Å². The molecule has 3 unspecified atom stereocenters. The van der Waals surface area contributed by atoms with Crippen LogP contribution in [0.4, 0.5) is 0 Å². The molecule has 1 heterocycles. The number of carbonyl (C=O) groups excluding carboxylic acids is 1. The standard InChI is InChI=1S/C17H26N2O3.ClH/c1-13(22-12-15-9-5-6-10-21-15)17(20)19-11-16(18)14-7-3-2-4-8-14;/h2-4,7-8,13,15-16H,5-6,9-12,18H2,1H3,(H,19,20);1H. The van der Waals surface area contributed by atoms with Crippen molar-refractivity contribution in [2.24, 2.45) is 5.73 Å². The van der Waals surface area contributed by atoms with E-state index in [0.29, 0.717) is 13.2 Å². The van der Waals surface area contributed by atoms with E-state index in [-0.39, 0.29) is 30.5 Å². The molecule has 1 aliphatic heterocycles. The van der Waals surface area contributed by atoms with Crippen LogP contribution in [-0.2, 0) is 14.3 Å². The second-order valence-electron chi connectivity index (χ2n) is 5.73. The van der Waals surface area contributed by atoms with Gasteiger partial charge in [-0.25, -0.2) is 0 Å². The van der Waals surface area contributed by atoms with Crippen molar-refractivity contribution < 1.29 is 14.3 Å². The summed E-state index contributed by atoms with van der Waals surface area (Å²) in [7, 11) is 0. The number of hydrogen-bond acceptors (Lipinski definition) is 4. The number of halogens is 1. The Hall–Kier alpha value is -1.14. The third kappa shape index (κ3) is 6.87.